The van der Waals surface area contributed by atoms with Crippen molar-refractivity contribution in [3.05, 3.63) is 94.4 Å². The molecule has 172 valence electrons. The molecular weight excluding hydrogens is 442 g/mol. The van der Waals surface area contributed by atoms with Gasteiger partial charge in [-0.3, -0.25) is 9.59 Å². The monoisotopic (exact) mass is 469 g/mol. The molecule has 3 aromatic rings. The van der Waals surface area contributed by atoms with Crippen molar-refractivity contribution in [3.63, 3.8) is 0 Å². The molecular formula is C28H27N3O2S. The van der Waals surface area contributed by atoms with Crippen LogP contribution in [0.5, 0.6) is 0 Å². The Balaban J connectivity index is 1.30. The molecule has 5 rings (SSSR count). The number of hydrogen-bond acceptors (Lipinski definition) is 4. The van der Waals surface area contributed by atoms with Gasteiger partial charge in [0.05, 0.1) is 10.6 Å². The van der Waals surface area contributed by atoms with Gasteiger partial charge in [-0.2, -0.15) is 0 Å². The molecule has 5 nitrogen and oxygen atoms in total. The van der Waals surface area contributed by atoms with Gasteiger partial charge in [-0.05, 0) is 61.4 Å². The van der Waals surface area contributed by atoms with E-state index in [4.69, 9.17) is 0 Å². The predicted molar refractivity (Wildman–Crippen MR) is 139 cm³/mol. The maximum absolute atomic E-state index is 13.3. The molecule has 0 unspecified atom stereocenters. The quantitative estimate of drug-likeness (QED) is 0.520. The number of thioether (sulfide) groups is 1. The van der Waals surface area contributed by atoms with Crippen LogP contribution in [0.15, 0.2) is 82.6 Å². The van der Waals surface area contributed by atoms with Crippen LogP contribution >= 0.6 is 11.8 Å². The lowest BCUT2D eigenvalue weighted by molar-refractivity contribution is -0.112. The molecule has 2 aliphatic rings. The maximum atomic E-state index is 13.3. The molecule has 0 bridgehead atoms. The molecule has 6 heteroatoms. The number of benzene rings is 3. The first-order chi connectivity index (χ1) is 16.5. The Morgan fingerprint density at radius 2 is 1.85 bits per heavy atom. The van der Waals surface area contributed by atoms with Crippen LogP contribution in [0.4, 0.5) is 11.4 Å². The van der Waals surface area contributed by atoms with Crippen molar-refractivity contribution in [2.24, 2.45) is 0 Å². The second-order valence-electron chi connectivity index (χ2n) is 8.82. The smallest absolute Gasteiger partial charge is 0.262 e. The fourth-order valence-corrected chi connectivity index (χ4v) is 5.44. The van der Waals surface area contributed by atoms with E-state index in [1.165, 1.54) is 23.0 Å². The van der Waals surface area contributed by atoms with E-state index in [0.29, 0.717) is 29.2 Å². The summed E-state index contributed by atoms with van der Waals surface area (Å²) in [5, 5.41) is 2.96. The lowest BCUT2D eigenvalue weighted by Crippen LogP contribution is -2.53. The number of aryl methyl sites for hydroxylation is 1. The lowest BCUT2D eigenvalue weighted by Gasteiger charge is -2.41. The Morgan fingerprint density at radius 1 is 1.03 bits per heavy atom. The first-order valence-corrected chi connectivity index (χ1v) is 12.3. The zero-order chi connectivity index (χ0) is 23.7. The summed E-state index contributed by atoms with van der Waals surface area (Å²) in [5.41, 5.74) is 4.71. The van der Waals surface area contributed by atoms with Gasteiger partial charge >= 0.3 is 0 Å². The van der Waals surface area contributed by atoms with Gasteiger partial charge in [0, 0.05) is 41.8 Å². The van der Waals surface area contributed by atoms with Gasteiger partial charge in [0.2, 0.25) is 0 Å². The number of amides is 2. The molecule has 2 amide bonds. The Morgan fingerprint density at radius 3 is 2.62 bits per heavy atom. The molecule has 1 N–H and O–H groups in total. The largest absolute Gasteiger partial charge is 0.365 e. The minimum Gasteiger partial charge on any atom is -0.365 e. The van der Waals surface area contributed by atoms with Crippen LogP contribution in [0, 0.1) is 6.92 Å². The van der Waals surface area contributed by atoms with Gasteiger partial charge in [0.1, 0.15) is 0 Å². The third-order valence-corrected chi connectivity index (χ3v) is 7.36. The zero-order valence-electron chi connectivity index (χ0n) is 19.3. The van der Waals surface area contributed by atoms with Gasteiger partial charge in [-0.15, -0.1) is 0 Å². The number of nitrogens with zero attached hydrogens (tertiary/aromatic N) is 2. The average Bonchev–Trinajstić information content (AvgIpc) is 2.84. The Bertz CT molecular complexity index is 1270. The van der Waals surface area contributed by atoms with E-state index in [-0.39, 0.29) is 17.9 Å². The summed E-state index contributed by atoms with van der Waals surface area (Å²) in [5.74, 6) is -0.144. The van der Waals surface area contributed by atoms with E-state index in [2.05, 4.69) is 48.3 Å². The molecule has 0 aliphatic carbocycles. The van der Waals surface area contributed by atoms with Crippen LogP contribution in [0.2, 0.25) is 0 Å². The summed E-state index contributed by atoms with van der Waals surface area (Å²) in [4.78, 5) is 31.8. The van der Waals surface area contributed by atoms with Crippen LogP contribution in [0.1, 0.15) is 28.4 Å². The van der Waals surface area contributed by atoms with E-state index in [1.54, 1.807) is 6.07 Å². The molecule has 1 fully saturated rings. The molecule has 3 aromatic carbocycles. The van der Waals surface area contributed by atoms with Crippen molar-refractivity contribution in [2.75, 3.05) is 29.9 Å². The zero-order valence-corrected chi connectivity index (χ0v) is 20.1. The first-order valence-electron chi connectivity index (χ1n) is 11.5. The van der Waals surface area contributed by atoms with Crippen LogP contribution in [-0.4, -0.2) is 42.4 Å². The molecule has 34 heavy (non-hydrogen) atoms. The Hall–Kier alpha value is -3.51. The van der Waals surface area contributed by atoms with Gasteiger partial charge in [0.25, 0.3) is 11.8 Å². The highest BCUT2D eigenvalue weighted by Crippen LogP contribution is 2.39. The predicted octanol–water partition coefficient (Wildman–Crippen LogP) is 5.43. The highest BCUT2D eigenvalue weighted by molar-refractivity contribution is 8.04. The molecule has 0 radical (unpaired) electrons. The lowest BCUT2D eigenvalue weighted by atomic mass is 10.1. The molecule has 0 saturated carbocycles. The van der Waals surface area contributed by atoms with Crippen molar-refractivity contribution in [1.29, 1.82) is 0 Å². The first kappa shape index (κ1) is 22.3. The van der Waals surface area contributed by atoms with Gasteiger partial charge in [-0.1, -0.05) is 54.2 Å². The number of hydrogen-bond donors (Lipinski definition) is 1. The number of carbonyl (C=O) groups excluding carboxylic acids is 2. The minimum atomic E-state index is -0.147. The number of carbonyl (C=O) groups is 2. The van der Waals surface area contributed by atoms with Crippen LogP contribution in [-0.2, 0) is 4.79 Å². The van der Waals surface area contributed by atoms with E-state index in [9.17, 15) is 9.59 Å². The molecule has 1 atom stereocenters. The average molecular weight is 470 g/mol. The topological polar surface area (TPSA) is 52.6 Å². The van der Waals surface area contributed by atoms with Gasteiger partial charge in [0.15, 0.2) is 0 Å². The second-order valence-corrected chi connectivity index (χ2v) is 9.90. The van der Waals surface area contributed by atoms with Crippen LogP contribution in [0.3, 0.4) is 0 Å². The summed E-state index contributed by atoms with van der Waals surface area (Å²) in [6, 6.07) is 24.1. The molecule has 2 heterocycles. The summed E-state index contributed by atoms with van der Waals surface area (Å²) < 4.78 is 0. The van der Waals surface area contributed by atoms with E-state index < -0.39 is 0 Å². The SMILES string of the molecule is Cc1cccc(N2CCN(C(=O)c3ccc4c(c3)NC(=O)/C(=C/c3ccccc3)S4)C[C@H]2C)c1. The molecule has 0 aromatic heterocycles. The summed E-state index contributed by atoms with van der Waals surface area (Å²) >= 11 is 1.43. The number of piperazine rings is 1. The Labute approximate surface area is 204 Å². The van der Waals surface area contributed by atoms with Crippen molar-refractivity contribution in [2.45, 2.75) is 24.8 Å². The number of nitrogens with one attached hydrogen (secondary N) is 1. The fourth-order valence-electron chi connectivity index (χ4n) is 4.51. The second kappa shape index (κ2) is 9.39. The maximum Gasteiger partial charge on any atom is 0.262 e. The summed E-state index contributed by atoms with van der Waals surface area (Å²) in [7, 11) is 0. The molecule has 2 aliphatic heterocycles. The molecule has 1 saturated heterocycles. The standard InChI is InChI=1S/C28H27N3O2S/c1-19-7-6-10-23(15-19)31-14-13-30(18-20(31)2)28(33)22-11-12-25-24(17-22)29-27(32)26(34-25)16-21-8-4-3-5-9-21/h3-12,15-17,20H,13-14,18H2,1-2H3,(H,29,32)/b26-16-/t20-/m1/s1. The van der Waals surface area contributed by atoms with Gasteiger partial charge < -0.3 is 15.1 Å². The summed E-state index contributed by atoms with van der Waals surface area (Å²) in [6.45, 7) is 6.38. The highest BCUT2D eigenvalue weighted by atomic mass is 32.2. The van der Waals surface area contributed by atoms with Crippen LogP contribution in [0.25, 0.3) is 6.08 Å². The van der Waals surface area contributed by atoms with E-state index >= 15 is 0 Å². The van der Waals surface area contributed by atoms with E-state index in [1.807, 2.05) is 53.4 Å². The normalized spacial score (nSPS) is 19.1. The number of rotatable bonds is 3. The van der Waals surface area contributed by atoms with Crippen molar-refractivity contribution < 1.29 is 9.59 Å². The third-order valence-electron chi connectivity index (χ3n) is 6.26. The van der Waals surface area contributed by atoms with Gasteiger partial charge in [-0.25, -0.2) is 0 Å². The highest BCUT2D eigenvalue weighted by Gasteiger charge is 2.29. The summed E-state index contributed by atoms with van der Waals surface area (Å²) in [6.07, 6.45) is 1.89. The third kappa shape index (κ3) is 4.59. The van der Waals surface area contributed by atoms with Crippen molar-refractivity contribution >= 4 is 41.0 Å². The van der Waals surface area contributed by atoms with Crippen LogP contribution < -0.4 is 10.2 Å². The number of anilines is 2. The van der Waals surface area contributed by atoms with Crippen molar-refractivity contribution in [3.8, 4) is 0 Å². The molecule has 0 spiro atoms. The minimum absolute atomic E-state index is 0.00316. The number of fused-ring (bicyclic) bond motifs is 1. The van der Waals surface area contributed by atoms with Crippen molar-refractivity contribution in [1.82, 2.24) is 4.90 Å². The Kier molecular flexibility index (Phi) is 6.16. The fraction of sp³-hybridized carbons (Fsp3) is 0.214. The van der Waals surface area contributed by atoms with E-state index in [0.717, 1.165) is 17.0 Å².